The van der Waals surface area contributed by atoms with Gasteiger partial charge in [-0.2, -0.15) is 0 Å². The van der Waals surface area contributed by atoms with Crippen LogP contribution in [0.2, 0.25) is 0 Å². The Balaban J connectivity index is 0.000000102. The molecule has 7 heterocycles. The zero-order valence-corrected chi connectivity index (χ0v) is 78.4. The summed E-state index contributed by atoms with van der Waals surface area (Å²) in [5.74, 6) is 0. The molecule has 0 radical (unpaired) electrons. The molecule has 0 aliphatic heterocycles. The van der Waals surface area contributed by atoms with Crippen LogP contribution in [0, 0.1) is 0 Å². The number of benzene rings is 25. The van der Waals surface area contributed by atoms with Crippen molar-refractivity contribution in [2.75, 3.05) is 0 Å². The minimum absolute atomic E-state index is 0.887. The molecule has 7 heteroatoms. The number of furan rings is 3. The van der Waals surface area contributed by atoms with E-state index in [1.807, 2.05) is 29.5 Å². The number of hydrogen-bond donors (Lipinski definition) is 0. The van der Waals surface area contributed by atoms with Gasteiger partial charge in [-0.25, -0.2) is 15.0 Å². The molecule has 0 fully saturated rings. The molecule has 0 amide bonds. The van der Waals surface area contributed by atoms with Gasteiger partial charge in [0.25, 0.3) is 0 Å². The minimum atomic E-state index is 0.887. The molecule has 7 aromatic heterocycles. The summed E-state index contributed by atoms with van der Waals surface area (Å²) in [5, 5.41) is 37.2. The van der Waals surface area contributed by atoms with Crippen molar-refractivity contribution >= 4 is 238 Å². The van der Waals surface area contributed by atoms with E-state index in [1.165, 1.54) is 145 Å². The molecule has 0 saturated carbocycles. The zero-order chi connectivity index (χ0) is 94.3. The van der Waals surface area contributed by atoms with Crippen LogP contribution < -0.4 is 0 Å². The second-order valence-electron chi connectivity index (χ2n) is 37.9. The second-order valence-corrected chi connectivity index (χ2v) is 38.9. The van der Waals surface area contributed by atoms with E-state index in [9.17, 15) is 0 Å². The van der Waals surface area contributed by atoms with E-state index in [1.54, 1.807) is 0 Å². The summed E-state index contributed by atoms with van der Waals surface area (Å²) in [6, 6.07) is 172. The average molecular weight is 1850 g/mol. The molecule has 6 nitrogen and oxygen atoms in total. The Morgan fingerprint density at radius 2 is 0.500 bits per heavy atom. The third-order valence-corrected chi connectivity index (χ3v) is 31.3. The molecule has 144 heavy (non-hydrogen) atoms. The normalized spacial score (nSPS) is 12.0. The highest BCUT2D eigenvalue weighted by Crippen LogP contribution is 2.53. The van der Waals surface area contributed by atoms with E-state index in [2.05, 4.69) is 461 Å². The van der Waals surface area contributed by atoms with Crippen molar-refractivity contribution in [3.63, 3.8) is 0 Å². The molecular formula is C137H79N3O3S. The summed E-state index contributed by atoms with van der Waals surface area (Å²) in [6.45, 7) is 0. The predicted octanol–water partition coefficient (Wildman–Crippen LogP) is 39.1. The van der Waals surface area contributed by atoms with E-state index in [-0.39, 0.29) is 0 Å². The summed E-state index contributed by atoms with van der Waals surface area (Å²) < 4.78 is 21.9. The molecule has 32 rings (SSSR count). The van der Waals surface area contributed by atoms with Crippen LogP contribution in [0.4, 0.5) is 0 Å². The SMILES string of the molecule is c1cc2ccc3cc(-c4nc5c(-c6ccc(-c7cccc8c7sc7ccccc78)cc6)cccc5c5c4ccc4oc6ccccc6c45)cc4ccc(c1)c2c34.c1ccc(-c2c3ccccc3c(-c3cccc4c3nc(-c3ccccc3)c3ccc5oc6ccccc6c5c34)c3ccccc23)cc1.c1ccc(-c2nc3c(-c4cc5ccccc5c5ccccc45)cccc3c3c2ccc2oc4ccccc4c23)cc1. The summed E-state index contributed by atoms with van der Waals surface area (Å²) in [5.41, 5.74) is 26.4. The maximum absolute atomic E-state index is 6.49. The lowest BCUT2D eigenvalue weighted by molar-refractivity contribution is 0.669. The van der Waals surface area contributed by atoms with E-state index in [0.717, 1.165) is 171 Å². The highest BCUT2D eigenvalue weighted by Gasteiger charge is 2.28. The Hall–Kier alpha value is -18.8. The number of para-hydroxylation sites is 6. The van der Waals surface area contributed by atoms with Gasteiger partial charge in [0, 0.05) is 134 Å². The summed E-state index contributed by atoms with van der Waals surface area (Å²) in [6.07, 6.45) is 0. The molecular weight excluding hydrogens is 1770 g/mol. The Bertz CT molecular complexity index is 10900. The van der Waals surface area contributed by atoms with Crippen molar-refractivity contribution in [3.8, 4) is 89.4 Å². The van der Waals surface area contributed by atoms with Crippen molar-refractivity contribution in [1.29, 1.82) is 0 Å². The molecule has 0 atom stereocenters. The third kappa shape index (κ3) is 12.6. The van der Waals surface area contributed by atoms with Crippen molar-refractivity contribution < 1.29 is 13.3 Å². The number of pyridine rings is 3. The van der Waals surface area contributed by atoms with Crippen LogP contribution in [0.25, 0.3) is 316 Å². The highest BCUT2D eigenvalue weighted by molar-refractivity contribution is 7.26. The largest absolute Gasteiger partial charge is 0.456 e. The Kier molecular flexibility index (Phi) is 18.3. The second kappa shape index (κ2) is 32.4. The number of hydrogen-bond acceptors (Lipinski definition) is 7. The highest BCUT2D eigenvalue weighted by atomic mass is 32.1. The summed E-state index contributed by atoms with van der Waals surface area (Å²) in [7, 11) is 0. The van der Waals surface area contributed by atoms with Crippen LogP contribution in [0.3, 0.4) is 0 Å². The van der Waals surface area contributed by atoms with E-state index in [4.69, 9.17) is 28.2 Å². The Morgan fingerprint density at radius 3 is 1.01 bits per heavy atom. The summed E-state index contributed by atoms with van der Waals surface area (Å²) in [4.78, 5) is 16.7. The van der Waals surface area contributed by atoms with Gasteiger partial charge >= 0.3 is 0 Å². The minimum Gasteiger partial charge on any atom is -0.456 e. The van der Waals surface area contributed by atoms with Gasteiger partial charge in [-0.05, 0) is 193 Å². The van der Waals surface area contributed by atoms with Crippen LogP contribution in [0.1, 0.15) is 0 Å². The van der Waals surface area contributed by atoms with Crippen LogP contribution in [-0.4, -0.2) is 15.0 Å². The fourth-order valence-electron chi connectivity index (χ4n) is 23.8. The van der Waals surface area contributed by atoms with Gasteiger partial charge in [-0.3, -0.25) is 0 Å². The molecule has 0 unspecified atom stereocenters. The van der Waals surface area contributed by atoms with E-state index < -0.39 is 0 Å². The van der Waals surface area contributed by atoms with Gasteiger partial charge in [0.05, 0.1) is 33.6 Å². The van der Waals surface area contributed by atoms with Crippen molar-refractivity contribution in [2.24, 2.45) is 0 Å². The molecule has 0 N–H and O–H groups in total. The topological polar surface area (TPSA) is 78.1 Å². The number of aromatic nitrogens is 3. The van der Waals surface area contributed by atoms with Crippen LogP contribution in [0.5, 0.6) is 0 Å². The molecule has 0 bridgehead atoms. The van der Waals surface area contributed by atoms with Gasteiger partial charge in [0.1, 0.15) is 33.5 Å². The fourth-order valence-corrected chi connectivity index (χ4v) is 25.0. The predicted molar refractivity (Wildman–Crippen MR) is 610 cm³/mol. The molecule has 666 valence electrons. The average Bonchev–Trinajstić information content (AvgIpc) is 1.37. The van der Waals surface area contributed by atoms with Gasteiger partial charge in [0.15, 0.2) is 0 Å². The first kappa shape index (κ1) is 81.2. The zero-order valence-electron chi connectivity index (χ0n) is 77.6. The first-order chi connectivity index (χ1) is 71.4. The lowest BCUT2D eigenvalue weighted by atomic mass is 9.85. The van der Waals surface area contributed by atoms with E-state index >= 15 is 0 Å². The molecule has 0 aliphatic rings. The maximum Gasteiger partial charge on any atom is 0.136 e. The van der Waals surface area contributed by atoms with Gasteiger partial charge < -0.3 is 13.3 Å². The van der Waals surface area contributed by atoms with Gasteiger partial charge in [-0.15, -0.1) is 11.3 Å². The number of thiophene rings is 1. The fraction of sp³-hybridized carbons (Fsp3) is 0. The lowest BCUT2D eigenvalue weighted by Crippen LogP contribution is -1.95. The summed E-state index contributed by atoms with van der Waals surface area (Å²) >= 11 is 1.87. The van der Waals surface area contributed by atoms with Crippen LogP contribution >= 0.6 is 11.3 Å². The number of rotatable bonds is 8. The first-order valence-electron chi connectivity index (χ1n) is 49.2. The standard InChI is InChI=1S/C53H29NOS.C45H27NO.C39H23NO/c1-3-16-44-41(11-1)50-45(55-44)27-26-43-49(50)42-15-6-12-37(30-18-20-31(21-19-30)38-13-7-14-40-39-10-2-4-17-46(39)56-53(38)40)52(42)54-51(43)36-28-34-24-22-32-8-5-9-33-23-25-35(29-36)48(34)47(32)33;1-3-14-28(15-4-1)40-30-18-7-9-20-32(30)41(33-21-10-8-19-31(33)40)35-23-13-24-36-42-37(44(46-45(35)36)29-16-5-2-6-17-29)26-27-39-43(42)34-22-11-12-25-38(34)47-39;1-2-11-24(12-3-1)38-32-21-22-35-37(30-17-8-9-20-34(30)41-35)36(32)31-19-10-18-29(39(31)40-38)33-23-25-13-4-5-14-26(25)27-15-6-7-16-28(27)33/h1-29H;1-27H;1-23H. The third-order valence-electron chi connectivity index (χ3n) is 30.0. The Labute approximate surface area is 828 Å². The molecule has 0 aliphatic carbocycles. The molecule has 0 spiro atoms. The van der Waals surface area contributed by atoms with Crippen molar-refractivity contribution in [3.05, 3.63) is 479 Å². The smallest absolute Gasteiger partial charge is 0.136 e. The van der Waals surface area contributed by atoms with Gasteiger partial charge in [0.2, 0.25) is 0 Å². The quantitative estimate of drug-likeness (QED) is 0.111. The lowest BCUT2D eigenvalue weighted by Gasteiger charge is -2.19. The molecule has 25 aromatic carbocycles. The molecule has 32 aromatic rings. The van der Waals surface area contributed by atoms with Crippen LogP contribution in [-0.2, 0) is 0 Å². The van der Waals surface area contributed by atoms with Crippen molar-refractivity contribution in [2.45, 2.75) is 0 Å². The maximum atomic E-state index is 6.49. The Morgan fingerprint density at radius 1 is 0.153 bits per heavy atom. The first-order valence-corrected chi connectivity index (χ1v) is 50.0. The van der Waals surface area contributed by atoms with Crippen molar-refractivity contribution in [1.82, 2.24) is 15.0 Å². The van der Waals surface area contributed by atoms with E-state index in [0.29, 0.717) is 0 Å². The number of nitrogens with zero attached hydrogens (tertiary/aromatic N) is 3. The van der Waals surface area contributed by atoms with Gasteiger partial charge in [-0.1, -0.05) is 400 Å². The van der Waals surface area contributed by atoms with Crippen LogP contribution in [0.15, 0.2) is 492 Å². The monoisotopic (exact) mass is 1850 g/mol. The molecule has 0 saturated heterocycles. The number of fused-ring (bicyclic) bond motifs is 29.